The van der Waals surface area contributed by atoms with Crippen LogP contribution in [0.4, 0.5) is 0 Å². The SMILES string of the molecule is Cc1nc(C2CCCN(C(=O)CCn3ccnn3)C2)sc1C. The van der Waals surface area contributed by atoms with Crippen molar-refractivity contribution in [3.8, 4) is 0 Å². The first-order chi connectivity index (χ1) is 10.6. The van der Waals surface area contributed by atoms with Crippen LogP contribution in [0.2, 0.25) is 0 Å². The predicted molar refractivity (Wildman–Crippen MR) is 84.8 cm³/mol. The molecule has 0 spiro atoms. The van der Waals surface area contributed by atoms with E-state index in [0.29, 0.717) is 18.9 Å². The van der Waals surface area contributed by atoms with Crippen molar-refractivity contribution in [3.05, 3.63) is 28.0 Å². The van der Waals surface area contributed by atoms with Crippen LogP contribution in [0.5, 0.6) is 0 Å². The Balaban J connectivity index is 1.58. The lowest BCUT2D eigenvalue weighted by Gasteiger charge is -2.32. The Bertz CT molecular complexity index is 617. The van der Waals surface area contributed by atoms with Crippen LogP contribution in [0, 0.1) is 13.8 Å². The fraction of sp³-hybridized carbons (Fsp3) is 0.600. The molecule has 22 heavy (non-hydrogen) atoms. The Labute approximate surface area is 134 Å². The molecule has 1 unspecified atom stereocenters. The van der Waals surface area contributed by atoms with E-state index in [1.165, 1.54) is 9.88 Å². The average Bonchev–Trinajstić information content (AvgIpc) is 3.16. The molecule has 3 heterocycles. The van der Waals surface area contributed by atoms with Gasteiger partial charge < -0.3 is 4.90 Å². The van der Waals surface area contributed by atoms with Crippen LogP contribution in [0.15, 0.2) is 12.4 Å². The highest BCUT2D eigenvalue weighted by Gasteiger charge is 2.26. The topological polar surface area (TPSA) is 63.9 Å². The Morgan fingerprint density at radius 1 is 1.45 bits per heavy atom. The zero-order chi connectivity index (χ0) is 15.5. The summed E-state index contributed by atoms with van der Waals surface area (Å²) in [7, 11) is 0. The molecule has 1 atom stereocenters. The summed E-state index contributed by atoms with van der Waals surface area (Å²) in [5.74, 6) is 0.590. The number of aromatic nitrogens is 4. The van der Waals surface area contributed by atoms with Gasteiger partial charge >= 0.3 is 0 Å². The highest BCUT2D eigenvalue weighted by atomic mass is 32.1. The van der Waals surface area contributed by atoms with E-state index < -0.39 is 0 Å². The summed E-state index contributed by atoms with van der Waals surface area (Å²) >= 11 is 1.77. The summed E-state index contributed by atoms with van der Waals surface area (Å²) in [4.78, 5) is 20.3. The maximum atomic E-state index is 12.4. The van der Waals surface area contributed by atoms with E-state index in [0.717, 1.165) is 31.6 Å². The minimum absolute atomic E-state index is 0.199. The predicted octanol–water partition coefficient (Wildman–Crippen LogP) is 2.15. The molecule has 0 N–H and O–H groups in total. The van der Waals surface area contributed by atoms with Crippen LogP contribution < -0.4 is 0 Å². The normalized spacial score (nSPS) is 18.6. The van der Waals surface area contributed by atoms with Gasteiger partial charge in [0.1, 0.15) is 0 Å². The van der Waals surface area contributed by atoms with Crippen molar-refractivity contribution in [2.24, 2.45) is 0 Å². The number of amides is 1. The number of piperidine rings is 1. The Hall–Kier alpha value is -1.76. The van der Waals surface area contributed by atoms with Crippen LogP contribution in [-0.4, -0.2) is 43.9 Å². The fourth-order valence-corrected chi connectivity index (χ4v) is 3.85. The highest BCUT2D eigenvalue weighted by molar-refractivity contribution is 7.11. The molecule has 2 aromatic heterocycles. The summed E-state index contributed by atoms with van der Waals surface area (Å²) in [5.41, 5.74) is 1.12. The molecule has 1 aliphatic heterocycles. The Morgan fingerprint density at radius 3 is 3.00 bits per heavy atom. The quantitative estimate of drug-likeness (QED) is 0.866. The molecule has 1 saturated heterocycles. The number of thiazole rings is 1. The smallest absolute Gasteiger partial charge is 0.224 e. The van der Waals surface area contributed by atoms with Crippen LogP contribution in [-0.2, 0) is 11.3 Å². The van der Waals surface area contributed by atoms with E-state index in [2.05, 4.69) is 29.1 Å². The van der Waals surface area contributed by atoms with Crippen LogP contribution in [0.1, 0.15) is 40.8 Å². The molecule has 0 aromatic carbocycles. The third-order valence-electron chi connectivity index (χ3n) is 4.20. The van der Waals surface area contributed by atoms with Crippen molar-refractivity contribution < 1.29 is 4.79 Å². The monoisotopic (exact) mass is 319 g/mol. The van der Waals surface area contributed by atoms with E-state index in [4.69, 9.17) is 0 Å². The molecule has 1 fully saturated rings. The standard InChI is InChI=1S/C15H21N5OS/c1-11-12(2)22-15(17-11)13-4-3-7-19(10-13)14(21)5-8-20-9-6-16-18-20/h6,9,13H,3-5,7-8,10H2,1-2H3. The largest absolute Gasteiger partial charge is 0.342 e. The van der Waals surface area contributed by atoms with E-state index in [1.54, 1.807) is 28.4 Å². The molecule has 0 aliphatic carbocycles. The molecular weight excluding hydrogens is 298 g/mol. The number of carbonyl (C=O) groups is 1. The van der Waals surface area contributed by atoms with Crippen molar-refractivity contribution >= 4 is 17.2 Å². The first-order valence-corrected chi connectivity index (χ1v) is 8.51. The highest BCUT2D eigenvalue weighted by Crippen LogP contribution is 2.31. The van der Waals surface area contributed by atoms with Gasteiger partial charge in [-0.2, -0.15) is 0 Å². The molecule has 7 heteroatoms. The number of rotatable bonds is 4. The molecule has 3 rings (SSSR count). The summed E-state index contributed by atoms with van der Waals surface area (Å²) in [6.45, 7) is 6.41. The van der Waals surface area contributed by atoms with Crippen molar-refractivity contribution in [2.45, 2.75) is 45.6 Å². The zero-order valence-electron chi connectivity index (χ0n) is 13.0. The maximum absolute atomic E-state index is 12.4. The summed E-state index contributed by atoms with van der Waals surface area (Å²) in [6, 6.07) is 0. The molecule has 0 radical (unpaired) electrons. The van der Waals surface area contributed by atoms with Gasteiger partial charge in [-0.05, 0) is 26.7 Å². The van der Waals surface area contributed by atoms with Gasteiger partial charge in [0.05, 0.1) is 23.4 Å². The zero-order valence-corrected chi connectivity index (χ0v) is 13.8. The minimum Gasteiger partial charge on any atom is -0.342 e. The van der Waals surface area contributed by atoms with Crippen molar-refractivity contribution in [1.82, 2.24) is 24.9 Å². The molecule has 2 aromatic rings. The third kappa shape index (κ3) is 3.35. The molecule has 1 amide bonds. The van der Waals surface area contributed by atoms with Crippen molar-refractivity contribution in [3.63, 3.8) is 0 Å². The lowest BCUT2D eigenvalue weighted by Crippen LogP contribution is -2.39. The fourth-order valence-electron chi connectivity index (χ4n) is 2.80. The van der Waals surface area contributed by atoms with Crippen LogP contribution in [0.25, 0.3) is 0 Å². The van der Waals surface area contributed by atoms with Gasteiger partial charge in [0.2, 0.25) is 5.91 Å². The van der Waals surface area contributed by atoms with Gasteiger partial charge in [-0.25, -0.2) is 4.98 Å². The summed E-state index contributed by atoms with van der Waals surface area (Å²) < 4.78 is 1.70. The van der Waals surface area contributed by atoms with E-state index in [-0.39, 0.29) is 5.91 Å². The lowest BCUT2D eigenvalue weighted by atomic mass is 9.98. The van der Waals surface area contributed by atoms with Gasteiger partial charge in [0.15, 0.2) is 0 Å². The second-order valence-electron chi connectivity index (χ2n) is 5.79. The molecule has 118 valence electrons. The van der Waals surface area contributed by atoms with Gasteiger partial charge in [-0.15, -0.1) is 16.4 Å². The molecule has 0 bridgehead atoms. The molecule has 6 nitrogen and oxygen atoms in total. The third-order valence-corrected chi connectivity index (χ3v) is 5.43. The number of carbonyl (C=O) groups excluding carboxylic acids is 1. The maximum Gasteiger partial charge on any atom is 0.224 e. The van der Waals surface area contributed by atoms with Crippen LogP contribution in [0.3, 0.4) is 0 Å². The first kappa shape index (κ1) is 15.1. The van der Waals surface area contributed by atoms with Crippen LogP contribution >= 0.6 is 11.3 Å². The lowest BCUT2D eigenvalue weighted by molar-refractivity contribution is -0.132. The van der Waals surface area contributed by atoms with E-state index in [1.807, 2.05) is 4.90 Å². The molecular formula is C15H21N5OS. The second-order valence-corrected chi connectivity index (χ2v) is 7.02. The summed E-state index contributed by atoms with van der Waals surface area (Å²) in [6.07, 6.45) is 6.07. The minimum atomic E-state index is 0.199. The molecule has 1 aliphatic rings. The first-order valence-electron chi connectivity index (χ1n) is 7.69. The van der Waals surface area contributed by atoms with E-state index >= 15 is 0 Å². The van der Waals surface area contributed by atoms with Gasteiger partial charge in [0.25, 0.3) is 0 Å². The molecule has 0 saturated carbocycles. The Morgan fingerprint density at radius 2 is 2.32 bits per heavy atom. The van der Waals surface area contributed by atoms with E-state index in [9.17, 15) is 4.79 Å². The average molecular weight is 319 g/mol. The summed E-state index contributed by atoms with van der Waals surface area (Å²) in [5, 5.41) is 8.84. The number of hydrogen-bond acceptors (Lipinski definition) is 5. The number of aryl methyl sites for hydroxylation is 3. The number of nitrogens with zero attached hydrogens (tertiary/aromatic N) is 5. The second kappa shape index (κ2) is 6.56. The van der Waals surface area contributed by atoms with Gasteiger partial charge in [-0.3, -0.25) is 9.48 Å². The van der Waals surface area contributed by atoms with Crippen molar-refractivity contribution in [1.29, 1.82) is 0 Å². The number of hydrogen-bond donors (Lipinski definition) is 0. The van der Waals surface area contributed by atoms with Crippen molar-refractivity contribution in [2.75, 3.05) is 13.1 Å². The van der Waals surface area contributed by atoms with Gasteiger partial charge in [-0.1, -0.05) is 5.21 Å². The van der Waals surface area contributed by atoms with Gasteiger partial charge in [0, 0.05) is 36.5 Å². The number of likely N-dealkylation sites (tertiary alicyclic amines) is 1. The Kier molecular flexibility index (Phi) is 4.52.